The molecule has 0 radical (unpaired) electrons. The number of furan rings is 1. The van der Waals surface area contributed by atoms with Gasteiger partial charge in [-0.15, -0.1) is 0 Å². The zero-order valence-corrected chi connectivity index (χ0v) is 13.7. The second-order valence-corrected chi connectivity index (χ2v) is 6.44. The largest absolute Gasteiger partial charge is 0.463 e. The number of nitrogens with one attached hydrogen (secondary N) is 2. The molecule has 2 heterocycles. The van der Waals surface area contributed by atoms with Gasteiger partial charge in [-0.3, -0.25) is 0 Å². The molecule has 0 spiro atoms. The van der Waals surface area contributed by atoms with Crippen molar-refractivity contribution < 1.29 is 19.1 Å². The number of amides is 2. The summed E-state index contributed by atoms with van der Waals surface area (Å²) in [7, 11) is 0. The van der Waals surface area contributed by atoms with Gasteiger partial charge in [-0.1, -0.05) is 0 Å². The molecule has 2 rings (SSSR count). The van der Waals surface area contributed by atoms with E-state index in [1.807, 2.05) is 20.8 Å². The van der Waals surface area contributed by atoms with Crippen LogP contribution in [-0.4, -0.2) is 35.9 Å². The van der Waals surface area contributed by atoms with Crippen LogP contribution >= 0.6 is 0 Å². The smallest absolute Gasteiger partial charge is 0.315 e. The zero-order valence-electron chi connectivity index (χ0n) is 13.7. The summed E-state index contributed by atoms with van der Waals surface area (Å²) < 4.78 is 11.1. The minimum atomic E-state index is -1.23. The molecule has 0 bridgehead atoms. The van der Waals surface area contributed by atoms with Crippen molar-refractivity contribution in [2.24, 2.45) is 0 Å². The average Bonchev–Trinajstić information content (AvgIpc) is 2.83. The summed E-state index contributed by atoms with van der Waals surface area (Å²) in [5, 5.41) is 16.0. The van der Waals surface area contributed by atoms with Gasteiger partial charge in [0.25, 0.3) is 0 Å². The molecule has 3 atom stereocenters. The molecule has 1 aliphatic rings. The van der Waals surface area contributed by atoms with Crippen LogP contribution < -0.4 is 10.6 Å². The Morgan fingerprint density at radius 1 is 1.36 bits per heavy atom. The van der Waals surface area contributed by atoms with Crippen molar-refractivity contribution in [2.75, 3.05) is 6.54 Å². The number of aliphatic hydroxyl groups is 1. The van der Waals surface area contributed by atoms with Gasteiger partial charge < -0.3 is 24.9 Å². The van der Waals surface area contributed by atoms with E-state index in [-0.39, 0.29) is 30.8 Å². The van der Waals surface area contributed by atoms with Crippen molar-refractivity contribution in [1.82, 2.24) is 10.6 Å². The number of hydrogen-bond donors (Lipinski definition) is 3. The summed E-state index contributed by atoms with van der Waals surface area (Å²) >= 11 is 0. The molecule has 6 nitrogen and oxygen atoms in total. The number of rotatable bonds is 4. The molecule has 22 heavy (non-hydrogen) atoms. The third-order valence-electron chi connectivity index (χ3n) is 3.90. The van der Waals surface area contributed by atoms with E-state index in [1.165, 1.54) is 0 Å². The maximum absolute atomic E-state index is 12.0. The quantitative estimate of drug-likeness (QED) is 0.795. The highest BCUT2D eigenvalue weighted by atomic mass is 16.5. The lowest BCUT2D eigenvalue weighted by Crippen LogP contribution is -2.50. The maximum atomic E-state index is 12.0. The highest BCUT2D eigenvalue weighted by Gasteiger charge is 2.29. The number of hydrogen-bond acceptors (Lipinski definition) is 4. The monoisotopic (exact) mass is 310 g/mol. The number of ether oxygens (including phenoxy) is 1. The lowest BCUT2D eigenvalue weighted by molar-refractivity contribution is -0.0403. The van der Waals surface area contributed by atoms with Crippen LogP contribution in [0.2, 0.25) is 0 Å². The zero-order chi connectivity index (χ0) is 16.3. The van der Waals surface area contributed by atoms with E-state index in [4.69, 9.17) is 9.15 Å². The Labute approximate surface area is 131 Å². The molecular weight excluding hydrogens is 284 g/mol. The first kappa shape index (κ1) is 16.8. The van der Waals surface area contributed by atoms with Gasteiger partial charge in [0.1, 0.15) is 17.1 Å². The number of carbonyl (C=O) groups excluding carboxylic acids is 1. The highest BCUT2D eigenvalue weighted by Crippen LogP contribution is 2.22. The van der Waals surface area contributed by atoms with Crippen LogP contribution in [0.5, 0.6) is 0 Å². The first-order valence-corrected chi connectivity index (χ1v) is 7.75. The van der Waals surface area contributed by atoms with Crippen LogP contribution in [0, 0.1) is 6.92 Å². The second kappa shape index (κ2) is 6.71. The average molecular weight is 310 g/mol. The summed E-state index contributed by atoms with van der Waals surface area (Å²) in [4.78, 5) is 12.0. The van der Waals surface area contributed by atoms with Gasteiger partial charge in [-0.05, 0) is 52.7 Å². The van der Waals surface area contributed by atoms with E-state index in [1.54, 1.807) is 19.1 Å². The molecule has 2 amide bonds. The molecule has 3 unspecified atom stereocenters. The second-order valence-electron chi connectivity index (χ2n) is 6.44. The van der Waals surface area contributed by atoms with E-state index in [0.717, 1.165) is 18.6 Å². The van der Waals surface area contributed by atoms with Crippen LogP contribution in [0.3, 0.4) is 0 Å². The van der Waals surface area contributed by atoms with E-state index in [2.05, 4.69) is 10.6 Å². The van der Waals surface area contributed by atoms with Gasteiger partial charge in [-0.25, -0.2) is 4.79 Å². The Morgan fingerprint density at radius 2 is 2.00 bits per heavy atom. The van der Waals surface area contributed by atoms with E-state index >= 15 is 0 Å². The van der Waals surface area contributed by atoms with Crippen molar-refractivity contribution in [3.05, 3.63) is 23.7 Å². The molecule has 1 aliphatic heterocycles. The van der Waals surface area contributed by atoms with Crippen molar-refractivity contribution in [3.8, 4) is 0 Å². The van der Waals surface area contributed by atoms with E-state index < -0.39 is 5.60 Å². The van der Waals surface area contributed by atoms with Gasteiger partial charge in [0.2, 0.25) is 0 Å². The number of aryl methyl sites for hydroxylation is 1. The molecular formula is C16H26N2O4. The molecule has 1 aromatic heterocycles. The van der Waals surface area contributed by atoms with Crippen molar-refractivity contribution >= 4 is 6.03 Å². The Kier molecular flexibility index (Phi) is 5.13. The Morgan fingerprint density at radius 3 is 2.55 bits per heavy atom. The molecule has 6 heteroatoms. The summed E-state index contributed by atoms with van der Waals surface area (Å²) in [6.07, 6.45) is 1.88. The third kappa shape index (κ3) is 4.48. The fraction of sp³-hybridized carbons (Fsp3) is 0.688. The lowest BCUT2D eigenvalue weighted by atomic mass is 10.00. The minimum absolute atomic E-state index is 0.0834. The summed E-state index contributed by atoms with van der Waals surface area (Å²) in [6.45, 7) is 7.52. The van der Waals surface area contributed by atoms with E-state index in [0.29, 0.717) is 5.76 Å². The minimum Gasteiger partial charge on any atom is -0.463 e. The van der Waals surface area contributed by atoms with Gasteiger partial charge in [0.15, 0.2) is 0 Å². The third-order valence-corrected chi connectivity index (χ3v) is 3.90. The highest BCUT2D eigenvalue weighted by molar-refractivity contribution is 5.74. The lowest BCUT2D eigenvalue weighted by Gasteiger charge is -2.32. The fourth-order valence-electron chi connectivity index (χ4n) is 2.82. The Balaban J connectivity index is 1.82. The molecule has 0 aromatic carbocycles. The van der Waals surface area contributed by atoms with Gasteiger partial charge in [0.05, 0.1) is 18.8 Å². The van der Waals surface area contributed by atoms with Crippen LogP contribution in [-0.2, 0) is 10.3 Å². The van der Waals surface area contributed by atoms with Crippen LogP contribution in [0.15, 0.2) is 16.5 Å². The van der Waals surface area contributed by atoms with Crippen LogP contribution in [0.4, 0.5) is 4.79 Å². The number of carbonyl (C=O) groups is 1. The predicted molar refractivity (Wildman–Crippen MR) is 82.6 cm³/mol. The normalized spacial score (nSPS) is 28.0. The number of urea groups is 1. The molecule has 1 fully saturated rings. The van der Waals surface area contributed by atoms with Gasteiger partial charge in [0, 0.05) is 6.04 Å². The summed E-state index contributed by atoms with van der Waals surface area (Å²) in [5.41, 5.74) is -1.23. The van der Waals surface area contributed by atoms with E-state index in [9.17, 15) is 9.90 Å². The Bertz CT molecular complexity index is 502. The van der Waals surface area contributed by atoms with Crippen LogP contribution in [0.25, 0.3) is 0 Å². The van der Waals surface area contributed by atoms with Crippen LogP contribution in [0.1, 0.15) is 45.1 Å². The molecule has 0 aliphatic carbocycles. The summed E-state index contributed by atoms with van der Waals surface area (Å²) in [6, 6.07) is 3.32. The van der Waals surface area contributed by atoms with Crippen molar-refractivity contribution in [2.45, 2.75) is 64.4 Å². The Hall–Kier alpha value is -1.53. The topological polar surface area (TPSA) is 83.7 Å². The fourth-order valence-corrected chi connectivity index (χ4v) is 2.82. The van der Waals surface area contributed by atoms with Gasteiger partial charge >= 0.3 is 6.03 Å². The first-order valence-electron chi connectivity index (χ1n) is 7.75. The van der Waals surface area contributed by atoms with Crippen molar-refractivity contribution in [3.63, 3.8) is 0 Å². The molecule has 1 aromatic rings. The molecule has 1 saturated heterocycles. The predicted octanol–water partition coefficient (Wildman–Crippen LogP) is 2.05. The van der Waals surface area contributed by atoms with Crippen molar-refractivity contribution in [1.29, 1.82) is 0 Å². The molecule has 3 N–H and O–H groups in total. The summed E-state index contributed by atoms with van der Waals surface area (Å²) in [5.74, 6) is 1.17. The molecule has 0 saturated carbocycles. The maximum Gasteiger partial charge on any atom is 0.315 e. The molecule has 124 valence electrons. The first-order chi connectivity index (χ1) is 10.3. The van der Waals surface area contributed by atoms with Gasteiger partial charge in [-0.2, -0.15) is 0 Å². The SMILES string of the molecule is Cc1ccc(C(C)(O)CNC(=O)NC2CC(C)OC(C)C2)o1. The standard InChI is InChI=1S/C16H26N2O4/c1-10-5-6-14(22-10)16(4,20)9-17-15(19)18-13-7-11(2)21-12(3)8-13/h5-6,11-13,20H,7-9H2,1-4H3,(H2,17,18,19).